The van der Waals surface area contributed by atoms with Crippen LogP contribution in [-0.2, 0) is 11.2 Å². The topological polar surface area (TPSA) is 45.8 Å². The number of nitrogens with zero attached hydrogens (tertiary/aromatic N) is 1. The van der Waals surface area contributed by atoms with Crippen LogP contribution in [0, 0.1) is 6.92 Å². The summed E-state index contributed by atoms with van der Waals surface area (Å²) in [7, 11) is 0. The highest BCUT2D eigenvalue weighted by atomic mass is 32.2. The Balaban J connectivity index is 3.28. The second-order valence-corrected chi connectivity index (χ2v) is 5.52. The van der Waals surface area contributed by atoms with Crippen LogP contribution in [0.4, 0.5) is 0 Å². The number of hydrogen-bond acceptors (Lipinski definition) is 3. The molecule has 0 radical (unpaired) electrons. The zero-order valence-corrected chi connectivity index (χ0v) is 10.8. The van der Waals surface area contributed by atoms with Crippen molar-refractivity contribution in [1.82, 2.24) is 9.97 Å². The van der Waals surface area contributed by atoms with Crippen molar-refractivity contribution in [3.05, 3.63) is 27.4 Å². The highest BCUT2D eigenvalue weighted by molar-refractivity contribution is 7.97. The van der Waals surface area contributed by atoms with Gasteiger partial charge >= 0.3 is 0 Å². The number of H-pyrrole nitrogens is 1. The molecule has 0 aliphatic carbocycles. The molecule has 4 heteroatoms. The van der Waals surface area contributed by atoms with Crippen molar-refractivity contribution >= 4 is 11.8 Å². The van der Waals surface area contributed by atoms with Crippen molar-refractivity contribution in [3.8, 4) is 0 Å². The largest absolute Gasteiger partial charge is 0.310 e. The van der Waals surface area contributed by atoms with Gasteiger partial charge in [-0.05, 0) is 18.6 Å². The predicted octanol–water partition coefficient (Wildman–Crippen LogP) is 2.24. The Morgan fingerprint density at radius 1 is 1.40 bits per heavy atom. The van der Waals surface area contributed by atoms with E-state index >= 15 is 0 Å². The number of thioether (sulfide) groups is 1. The van der Waals surface area contributed by atoms with E-state index in [0.29, 0.717) is 0 Å². The summed E-state index contributed by atoms with van der Waals surface area (Å²) >= 11 is 1.65. The molecule has 0 saturated heterocycles. The van der Waals surface area contributed by atoms with E-state index in [2.05, 4.69) is 9.97 Å². The molecule has 1 rings (SSSR count). The summed E-state index contributed by atoms with van der Waals surface area (Å²) in [4.78, 5) is 19.1. The van der Waals surface area contributed by atoms with Gasteiger partial charge in [0.2, 0.25) is 0 Å². The van der Waals surface area contributed by atoms with Gasteiger partial charge in [0.1, 0.15) is 5.82 Å². The minimum Gasteiger partial charge on any atom is -0.310 e. The Bertz CT molecular complexity index is 404. The second kappa shape index (κ2) is 4.39. The average molecular weight is 226 g/mol. The van der Waals surface area contributed by atoms with Gasteiger partial charge in [-0.2, -0.15) is 11.8 Å². The van der Waals surface area contributed by atoms with Crippen LogP contribution in [0.15, 0.2) is 4.79 Å². The Morgan fingerprint density at radius 3 is 2.40 bits per heavy atom. The maximum Gasteiger partial charge on any atom is 0.254 e. The van der Waals surface area contributed by atoms with Gasteiger partial charge in [-0.3, -0.25) is 4.79 Å². The molecule has 1 aromatic heterocycles. The van der Waals surface area contributed by atoms with Crippen LogP contribution < -0.4 is 5.56 Å². The van der Waals surface area contributed by atoms with E-state index in [0.717, 1.165) is 22.8 Å². The molecular formula is C11H18N2OS. The molecule has 0 aromatic carbocycles. The molecule has 1 heterocycles. The van der Waals surface area contributed by atoms with Crippen molar-refractivity contribution in [2.24, 2.45) is 0 Å². The number of nitrogens with one attached hydrogen (secondary N) is 1. The fourth-order valence-electron chi connectivity index (χ4n) is 1.73. The van der Waals surface area contributed by atoms with E-state index < -0.39 is 0 Å². The number of aryl methyl sites for hydroxylation is 1. The lowest BCUT2D eigenvalue weighted by Crippen LogP contribution is -2.28. The summed E-state index contributed by atoms with van der Waals surface area (Å²) in [6.45, 7) is 7.99. The number of rotatable bonds is 2. The molecule has 0 bridgehead atoms. The van der Waals surface area contributed by atoms with Gasteiger partial charge in [-0.15, -0.1) is 0 Å². The molecular weight excluding hydrogens is 208 g/mol. The molecule has 15 heavy (non-hydrogen) atoms. The van der Waals surface area contributed by atoms with E-state index in [4.69, 9.17) is 0 Å². The van der Waals surface area contributed by atoms with E-state index in [9.17, 15) is 4.79 Å². The van der Waals surface area contributed by atoms with Gasteiger partial charge in [-0.1, -0.05) is 20.8 Å². The zero-order valence-electron chi connectivity index (χ0n) is 9.97. The van der Waals surface area contributed by atoms with Gasteiger partial charge in [0.25, 0.3) is 5.56 Å². The van der Waals surface area contributed by atoms with Gasteiger partial charge in [0.15, 0.2) is 0 Å². The Hall–Kier alpha value is -0.770. The van der Waals surface area contributed by atoms with Crippen LogP contribution in [0.5, 0.6) is 0 Å². The summed E-state index contributed by atoms with van der Waals surface area (Å²) in [5, 5.41) is 0. The third kappa shape index (κ3) is 2.84. The number of hydrogen-bond donors (Lipinski definition) is 1. The van der Waals surface area contributed by atoms with Crippen molar-refractivity contribution in [3.63, 3.8) is 0 Å². The lowest BCUT2D eigenvalue weighted by Gasteiger charge is -2.19. The molecule has 1 aromatic rings. The highest BCUT2D eigenvalue weighted by Gasteiger charge is 2.21. The minimum absolute atomic E-state index is 0.000880. The summed E-state index contributed by atoms with van der Waals surface area (Å²) < 4.78 is 0. The molecule has 0 unspecified atom stereocenters. The molecule has 0 amide bonds. The summed E-state index contributed by atoms with van der Waals surface area (Å²) in [5.74, 6) is 1.51. The highest BCUT2D eigenvalue weighted by Crippen LogP contribution is 2.20. The molecule has 84 valence electrons. The molecule has 0 atom stereocenters. The monoisotopic (exact) mass is 226 g/mol. The molecule has 0 aliphatic heterocycles. The molecule has 1 N–H and O–H groups in total. The molecule has 0 aliphatic rings. The van der Waals surface area contributed by atoms with Crippen LogP contribution in [-0.4, -0.2) is 16.2 Å². The summed E-state index contributed by atoms with van der Waals surface area (Å²) in [6.07, 6.45) is 1.99. The fraction of sp³-hybridized carbons (Fsp3) is 0.636. The average Bonchev–Trinajstić information content (AvgIpc) is 1.99. The van der Waals surface area contributed by atoms with Gasteiger partial charge in [-0.25, -0.2) is 4.98 Å². The van der Waals surface area contributed by atoms with E-state index in [1.54, 1.807) is 11.8 Å². The molecule has 0 spiro atoms. The quantitative estimate of drug-likeness (QED) is 0.841. The van der Waals surface area contributed by atoms with E-state index in [1.165, 1.54) is 0 Å². The first-order chi connectivity index (χ1) is 6.86. The van der Waals surface area contributed by atoms with Crippen LogP contribution in [0.25, 0.3) is 0 Å². The first-order valence-corrected chi connectivity index (χ1v) is 6.35. The van der Waals surface area contributed by atoms with Crippen molar-refractivity contribution < 1.29 is 0 Å². The lowest BCUT2D eigenvalue weighted by atomic mass is 9.87. The van der Waals surface area contributed by atoms with Crippen molar-refractivity contribution in [1.29, 1.82) is 0 Å². The van der Waals surface area contributed by atoms with Gasteiger partial charge < -0.3 is 4.98 Å². The van der Waals surface area contributed by atoms with Crippen molar-refractivity contribution in [2.45, 2.75) is 38.9 Å². The molecule has 0 saturated carbocycles. The standard InChI is InChI=1S/C11H18N2OS/c1-7-9(11(2,3)4)10(14)13-8(12-7)6-15-5/h6H2,1-5H3,(H,12,13,14). The third-order valence-corrected chi connectivity index (χ3v) is 2.74. The number of aromatic nitrogens is 2. The van der Waals surface area contributed by atoms with Crippen LogP contribution in [0.3, 0.4) is 0 Å². The number of aromatic amines is 1. The van der Waals surface area contributed by atoms with Crippen LogP contribution >= 0.6 is 11.8 Å². The normalized spacial score (nSPS) is 11.8. The predicted molar refractivity (Wildman–Crippen MR) is 65.5 cm³/mol. The van der Waals surface area contributed by atoms with Gasteiger partial charge in [0.05, 0.1) is 5.75 Å². The third-order valence-electron chi connectivity index (χ3n) is 2.18. The molecule has 0 fully saturated rings. The lowest BCUT2D eigenvalue weighted by molar-refractivity contribution is 0.570. The maximum absolute atomic E-state index is 11.9. The minimum atomic E-state index is -0.150. The van der Waals surface area contributed by atoms with E-state index in [-0.39, 0.29) is 11.0 Å². The second-order valence-electron chi connectivity index (χ2n) is 4.66. The summed E-state index contributed by atoms with van der Waals surface area (Å²) in [5.41, 5.74) is 1.48. The smallest absolute Gasteiger partial charge is 0.254 e. The Morgan fingerprint density at radius 2 is 2.00 bits per heavy atom. The maximum atomic E-state index is 11.9. The van der Waals surface area contributed by atoms with Gasteiger partial charge in [0, 0.05) is 11.3 Å². The molecule has 3 nitrogen and oxygen atoms in total. The fourth-order valence-corrected chi connectivity index (χ4v) is 2.14. The zero-order chi connectivity index (χ0) is 11.6. The SMILES string of the molecule is CSCc1nc(C)c(C(C)(C)C)c(=O)[nH]1. The van der Waals surface area contributed by atoms with Crippen LogP contribution in [0.1, 0.15) is 37.9 Å². The summed E-state index contributed by atoms with van der Waals surface area (Å²) in [6, 6.07) is 0. The Kier molecular flexibility index (Phi) is 3.60. The van der Waals surface area contributed by atoms with Crippen LogP contribution in [0.2, 0.25) is 0 Å². The first-order valence-electron chi connectivity index (χ1n) is 4.95. The first kappa shape index (κ1) is 12.3. The van der Waals surface area contributed by atoms with Crippen molar-refractivity contribution in [2.75, 3.05) is 6.26 Å². The Labute approximate surface area is 94.7 Å². The van der Waals surface area contributed by atoms with E-state index in [1.807, 2.05) is 34.0 Å².